The molecule has 0 radical (unpaired) electrons. The molecule has 0 aromatic carbocycles. The molecule has 0 N–H and O–H groups in total. The van der Waals surface area contributed by atoms with Crippen molar-refractivity contribution in [1.29, 1.82) is 0 Å². The van der Waals surface area contributed by atoms with Gasteiger partial charge < -0.3 is 23.4 Å². The summed E-state index contributed by atoms with van der Waals surface area (Å²) in [5.41, 5.74) is -0.0144. The summed E-state index contributed by atoms with van der Waals surface area (Å²) in [6.07, 6.45) is -0.778. The molecule has 2 rings (SSSR count). The summed E-state index contributed by atoms with van der Waals surface area (Å²) in [6, 6.07) is 0. The monoisotopic (exact) mass is 285 g/mol. The van der Waals surface area contributed by atoms with Crippen LogP contribution in [0.15, 0.2) is 10.7 Å². The third kappa shape index (κ3) is 2.66. The fourth-order valence-electron chi connectivity index (χ4n) is 1.85. The lowest BCUT2D eigenvalue weighted by molar-refractivity contribution is -0.168. The van der Waals surface area contributed by atoms with E-state index in [1.807, 2.05) is 0 Å². The van der Waals surface area contributed by atoms with E-state index in [4.69, 9.17) is 13.9 Å². The SMILES string of the molecule is COC(=O)c1coc([C@@H]2OC(C)(C)O[C@H]2C(=O)OC)n1. The molecule has 1 aliphatic rings. The van der Waals surface area contributed by atoms with E-state index in [-0.39, 0.29) is 11.6 Å². The fourth-order valence-corrected chi connectivity index (χ4v) is 1.85. The second-order valence-corrected chi connectivity index (χ2v) is 4.56. The normalized spacial score (nSPS) is 24.4. The lowest BCUT2D eigenvalue weighted by atomic mass is 10.2. The quantitative estimate of drug-likeness (QED) is 0.753. The third-order valence-corrected chi connectivity index (χ3v) is 2.69. The van der Waals surface area contributed by atoms with Crippen LogP contribution in [0.2, 0.25) is 0 Å². The average molecular weight is 285 g/mol. The Morgan fingerprint density at radius 2 is 1.95 bits per heavy atom. The van der Waals surface area contributed by atoms with Crippen molar-refractivity contribution < 1.29 is 33.0 Å². The molecule has 110 valence electrons. The van der Waals surface area contributed by atoms with Crippen molar-refractivity contribution in [3.63, 3.8) is 0 Å². The minimum Gasteiger partial charge on any atom is -0.467 e. The Hall–Kier alpha value is -1.93. The topological polar surface area (TPSA) is 97.1 Å². The molecule has 0 aliphatic carbocycles. The first-order valence-electron chi connectivity index (χ1n) is 5.85. The van der Waals surface area contributed by atoms with E-state index in [2.05, 4.69) is 14.5 Å². The number of aromatic nitrogens is 1. The van der Waals surface area contributed by atoms with Crippen LogP contribution in [-0.2, 0) is 23.7 Å². The first-order chi connectivity index (χ1) is 9.38. The highest BCUT2D eigenvalue weighted by molar-refractivity contribution is 5.86. The molecule has 2 heterocycles. The Morgan fingerprint density at radius 1 is 1.25 bits per heavy atom. The molecule has 2 atom stereocenters. The Kier molecular flexibility index (Phi) is 3.78. The van der Waals surface area contributed by atoms with E-state index in [1.54, 1.807) is 13.8 Å². The van der Waals surface area contributed by atoms with Crippen molar-refractivity contribution in [2.24, 2.45) is 0 Å². The maximum Gasteiger partial charge on any atom is 0.360 e. The zero-order valence-electron chi connectivity index (χ0n) is 11.5. The summed E-state index contributed by atoms with van der Waals surface area (Å²) in [5.74, 6) is -2.21. The highest BCUT2D eigenvalue weighted by atomic mass is 16.8. The second kappa shape index (κ2) is 5.22. The van der Waals surface area contributed by atoms with Gasteiger partial charge in [-0.1, -0.05) is 0 Å². The van der Waals surface area contributed by atoms with Crippen LogP contribution in [0.4, 0.5) is 0 Å². The molecular weight excluding hydrogens is 270 g/mol. The lowest BCUT2D eigenvalue weighted by Gasteiger charge is -2.15. The number of carbonyl (C=O) groups is 2. The second-order valence-electron chi connectivity index (χ2n) is 4.56. The van der Waals surface area contributed by atoms with Gasteiger partial charge in [-0.05, 0) is 13.8 Å². The van der Waals surface area contributed by atoms with Gasteiger partial charge in [0.15, 0.2) is 23.7 Å². The van der Waals surface area contributed by atoms with Crippen LogP contribution in [0.3, 0.4) is 0 Å². The molecular formula is C12H15NO7. The number of rotatable bonds is 3. The molecule has 0 amide bonds. The van der Waals surface area contributed by atoms with E-state index in [0.29, 0.717) is 0 Å². The van der Waals surface area contributed by atoms with Gasteiger partial charge in [0.25, 0.3) is 0 Å². The van der Waals surface area contributed by atoms with Gasteiger partial charge in [-0.3, -0.25) is 0 Å². The largest absolute Gasteiger partial charge is 0.467 e. The van der Waals surface area contributed by atoms with Crippen LogP contribution < -0.4 is 0 Å². The fraction of sp³-hybridized carbons (Fsp3) is 0.583. The Morgan fingerprint density at radius 3 is 2.55 bits per heavy atom. The average Bonchev–Trinajstić information content (AvgIpc) is 3.00. The summed E-state index contributed by atoms with van der Waals surface area (Å²) in [4.78, 5) is 27.0. The van der Waals surface area contributed by atoms with E-state index >= 15 is 0 Å². The molecule has 0 saturated carbocycles. The molecule has 8 heteroatoms. The number of oxazole rings is 1. The Balaban J connectivity index is 2.27. The van der Waals surface area contributed by atoms with Gasteiger partial charge in [0.05, 0.1) is 14.2 Å². The van der Waals surface area contributed by atoms with Gasteiger partial charge in [-0.25, -0.2) is 14.6 Å². The van der Waals surface area contributed by atoms with E-state index < -0.39 is 29.9 Å². The Bertz CT molecular complexity index is 522. The predicted octanol–water partition coefficient (Wildman–Crippen LogP) is 0.827. The number of nitrogens with zero attached hydrogens (tertiary/aromatic N) is 1. The van der Waals surface area contributed by atoms with Crippen molar-refractivity contribution in [1.82, 2.24) is 4.98 Å². The van der Waals surface area contributed by atoms with Crippen LogP contribution in [0.25, 0.3) is 0 Å². The first kappa shape index (κ1) is 14.5. The van der Waals surface area contributed by atoms with Crippen molar-refractivity contribution in [3.05, 3.63) is 17.8 Å². The maximum atomic E-state index is 11.7. The molecule has 1 saturated heterocycles. The predicted molar refractivity (Wildman–Crippen MR) is 62.6 cm³/mol. The number of carbonyl (C=O) groups excluding carboxylic acids is 2. The Labute approximate surface area is 115 Å². The minimum absolute atomic E-state index is 0.0144. The smallest absolute Gasteiger partial charge is 0.360 e. The van der Waals surface area contributed by atoms with Crippen molar-refractivity contribution in [3.8, 4) is 0 Å². The van der Waals surface area contributed by atoms with Gasteiger partial charge in [0, 0.05) is 0 Å². The molecule has 0 spiro atoms. The van der Waals surface area contributed by atoms with Crippen LogP contribution >= 0.6 is 0 Å². The summed E-state index contributed by atoms with van der Waals surface area (Å²) < 4.78 is 25.4. The van der Waals surface area contributed by atoms with Crippen molar-refractivity contribution in [2.45, 2.75) is 31.8 Å². The maximum absolute atomic E-state index is 11.7. The van der Waals surface area contributed by atoms with Gasteiger partial charge in [0.2, 0.25) is 5.89 Å². The highest BCUT2D eigenvalue weighted by Gasteiger charge is 2.49. The summed E-state index contributed by atoms with van der Waals surface area (Å²) in [6.45, 7) is 3.29. The van der Waals surface area contributed by atoms with Gasteiger partial charge in [0.1, 0.15) is 6.26 Å². The lowest BCUT2D eigenvalue weighted by Crippen LogP contribution is -2.29. The number of esters is 2. The van der Waals surface area contributed by atoms with E-state index in [9.17, 15) is 9.59 Å². The summed E-state index contributed by atoms with van der Waals surface area (Å²) >= 11 is 0. The number of hydrogen-bond donors (Lipinski definition) is 0. The van der Waals surface area contributed by atoms with Crippen LogP contribution in [0.5, 0.6) is 0 Å². The zero-order chi connectivity index (χ0) is 14.9. The van der Waals surface area contributed by atoms with Crippen molar-refractivity contribution in [2.75, 3.05) is 14.2 Å². The molecule has 1 aliphatic heterocycles. The molecule has 20 heavy (non-hydrogen) atoms. The van der Waals surface area contributed by atoms with Gasteiger partial charge in [-0.15, -0.1) is 0 Å². The van der Waals surface area contributed by atoms with Crippen LogP contribution in [0.1, 0.15) is 36.3 Å². The molecule has 0 unspecified atom stereocenters. The minimum atomic E-state index is -1.01. The summed E-state index contributed by atoms with van der Waals surface area (Å²) in [7, 11) is 2.47. The first-order valence-corrected chi connectivity index (χ1v) is 5.85. The van der Waals surface area contributed by atoms with Crippen LogP contribution in [-0.4, -0.2) is 43.0 Å². The van der Waals surface area contributed by atoms with Crippen molar-refractivity contribution >= 4 is 11.9 Å². The van der Waals surface area contributed by atoms with Gasteiger partial charge in [-0.2, -0.15) is 0 Å². The molecule has 8 nitrogen and oxygen atoms in total. The van der Waals surface area contributed by atoms with Crippen LogP contribution in [0, 0.1) is 0 Å². The summed E-state index contributed by atoms with van der Waals surface area (Å²) in [5, 5.41) is 0. The molecule has 0 bridgehead atoms. The van der Waals surface area contributed by atoms with E-state index in [0.717, 1.165) is 6.26 Å². The third-order valence-electron chi connectivity index (χ3n) is 2.69. The molecule has 1 aromatic heterocycles. The number of ether oxygens (including phenoxy) is 4. The molecule has 1 fully saturated rings. The number of hydrogen-bond acceptors (Lipinski definition) is 8. The van der Waals surface area contributed by atoms with E-state index in [1.165, 1.54) is 14.2 Å². The highest BCUT2D eigenvalue weighted by Crippen LogP contribution is 2.38. The number of methoxy groups -OCH3 is 2. The molecule has 1 aromatic rings. The van der Waals surface area contributed by atoms with Gasteiger partial charge >= 0.3 is 11.9 Å². The zero-order valence-corrected chi connectivity index (χ0v) is 11.5. The standard InChI is InChI=1S/C12H15NO7/c1-12(2)19-7(8(20-12)11(15)17-4)9-13-6(5-18-9)10(14)16-3/h5,7-8H,1-4H3/t7-,8-/m1/s1.